The summed E-state index contributed by atoms with van der Waals surface area (Å²) in [6, 6.07) is 11.3. The molecule has 0 spiro atoms. The number of rotatable bonds is 1. The van der Waals surface area contributed by atoms with Crippen molar-refractivity contribution in [2.45, 2.75) is 10.4 Å². The van der Waals surface area contributed by atoms with E-state index in [0.29, 0.717) is 10.9 Å². The SMILES string of the molecule is C[S+](C)c1ccc(C#N)c2c(O)cccc12.O=S(=O)([O-])C(F)(F)F. The summed E-state index contributed by atoms with van der Waals surface area (Å²) < 4.78 is 58.9. The minimum Gasteiger partial charge on any atom is -0.741 e. The van der Waals surface area contributed by atoms with E-state index >= 15 is 0 Å². The monoisotopic (exact) mass is 379 g/mol. The van der Waals surface area contributed by atoms with Gasteiger partial charge in [-0.15, -0.1) is 0 Å². The topological polar surface area (TPSA) is 101 Å². The Kier molecular flexibility index (Phi) is 6.10. The van der Waals surface area contributed by atoms with Gasteiger partial charge >= 0.3 is 5.51 Å². The summed E-state index contributed by atoms with van der Waals surface area (Å²) >= 11 is 0. The fourth-order valence-electron chi connectivity index (χ4n) is 1.81. The van der Waals surface area contributed by atoms with Crippen LogP contribution in [-0.2, 0) is 21.0 Å². The van der Waals surface area contributed by atoms with Crippen LogP contribution in [0.2, 0.25) is 0 Å². The molecular formula is C14H12F3NO4S2. The molecule has 0 radical (unpaired) electrons. The van der Waals surface area contributed by atoms with Gasteiger partial charge in [-0.2, -0.15) is 18.4 Å². The fraction of sp³-hybridized carbons (Fsp3) is 0.214. The lowest BCUT2D eigenvalue weighted by Gasteiger charge is -2.08. The molecule has 0 aliphatic heterocycles. The van der Waals surface area contributed by atoms with Gasteiger partial charge in [-0.3, -0.25) is 0 Å². The second kappa shape index (κ2) is 7.29. The molecule has 0 aliphatic rings. The third kappa shape index (κ3) is 4.53. The molecule has 0 saturated carbocycles. The summed E-state index contributed by atoms with van der Waals surface area (Å²) in [6.45, 7) is 0. The Morgan fingerprint density at radius 2 is 1.75 bits per heavy atom. The van der Waals surface area contributed by atoms with Crippen molar-refractivity contribution in [3.8, 4) is 11.8 Å². The third-order valence-electron chi connectivity index (χ3n) is 2.82. The van der Waals surface area contributed by atoms with Gasteiger partial charge < -0.3 is 9.66 Å². The van der Waals surface area contributed by atoms with Crippen LogP contribution in [0.3, 0.4) is 0 Å². The highest BCUT2D eigenvalue weighted by Crippen LogP contribution is 2.32. The Morgan fingerprint density at radius 1 is 1.21 bits per heavy atom. The van der Waals surface area contributed by atoms with E-state index in [9.17, 15) is 18.3 Å². The number of nitriles is 1. The molecule has 0 unspecified atom stereocenters. The average Bonchev–Trinajstić information content (AvgIpc) is 2.44. The van der Waals surface area contributed by atoms with Crippen LogP contribution in [0.4, 0.5) is 13.2 Å². The van der Waals surface area contributed by atoms with E-state index in [2.05, 4.69) is 18.6 Å². The largest absolute Gasteiger partial charge is 0.741 e. The summed E-state index contributed by atoms with van der Waals surface area (Å²) in [4.78, 5) is 1.19. The number of aromatic hydroxyl groups is 1. The predicted molar refractivity (Wildman–Crippen MR) is 83.6 cm³/mol. The second-order valence-corrected chi connectivity index (χ2v) is 8.08. The van der Waals surface area contributed by atoms with Crippen molar-refractivity contribution in [3.63, 3.8) is 0 Å². The van der Waals surface area contributed by atoms with Crippen molar-refractivity contribution < 1.29 is 31.2 Å². The number of hydrogen-bond acceptors (Lipinski definition) is 5. The molecule has 0 fully saturated rings. The van der Waals surface area contributed by atoms with Gasteiger partial charge in [0.2, 0.25) is 0 Å². The summed E-state index contributed by atoms with van der Waals surface area (Å²) in [7, 11) is -5.98. The highest BCUT2D eigenvalue weighted by atomic mass is 32.2. The van der Waals surface area contributed by atoms with Crippen LogP contribution in [0.1, 0.15) is 5.56 Å². The van der Waals surface area contributed by atoms with Crippen LogP contribution in [0, 0.1) is 11.3 Å². The van der Waals surface area contributed by atoms with E-state index in [4.69, 9.17) is 18.2 Å². The summed E-state index contributed by atoms with van der Waals surface area (Å²) in [6.07, 6.45) is 4.26. The Morgan fingerprint density at radius 3 is 2.17 bits per heavy atom. The van der Waals surface area contributed by atoms with Crippen molar-refractivity contribution in [1.29, 1.82) is 5.26 Å². The van der Waals surface area contributed by atoms with E-state index < -0.39 is 15.6 Å². The van der Waals surface area contributed by atoms with Crippen LogP contribution >= 0.6 is 0 Å². The highest BCUT2D eigenvalue weighted by molar-refractivity contribution is 7.95. The Bertz CT molecular complexity index is 887. The summed E-state index contributed by atoms with van der Waals surface area (Å²) in [5, 5.41) is 20.5. The molecule has 5 nitrogen and oxygen atoms in total. The number of nitrogens with zero attached hydrogens (tertiary/aromatic N) is 1. The average molecular weight is 379 g/mol. The zero-order chi connectivity index (χ0) is 18.7. The maximum Gasteiger partial charge on any atom is 0.485 e. The van der Waals surface area contributed by atoms with Gasteiger partial charge in [-0.1, -0.05) is 6.07 Å². The molecule has 2 aromatic carbocycles. The third-order valence-corrected chi connectivity index (χ3v) is 4.62. The highest BCUT2D eigenvalue weighted by Gasteiger charge is 2.36. The van der Waals surface area contributed by atoms with Gasteiger partial charge in [0.05, 0.1) is 11.6 Å². The Hall–Kier alpha value is -1.96. The molecular weight excluding hydrogens is 367 g/mol. The first-order chi connectivity index (χ1) is 10.9. The van der Waals surface area contributed by atoms with Crippen LogP contribution < -0.4 is 0 Å². The number of phenolic OH excluding ortho intramolecular Hbond substituents is 1. The van der Waals surface area contributed by atoms with Crippen molar-refractivity contribution >= 4 is 31.8 Å². The maximum absolute atomic E-state index is 10.7. The van der Waals surface area contributed by atoms with Crippen LogP contribution in [0.5, 0.6) is 5.75 Å². The molecule has 2 aromatic rings. The normalized spacial score (nSPS) is 11.8. The first-order valence-electron chi connectivity index (χ1n) is 6.14. The van der Waals surface area contributed by atoms with Crippen LogP contribution in [0.25, 0.3) is 10.8 Å². The molecule has 0 saturated heterocycles. The summed E-state index contributed by atoms with van der Waals surface area (Å²) in [5.41, 5.74) is -5.12. The quantitative estimate of drug-likeness (QED) is 0.466. The molecule has 10 heteroatoms. The number of fused-ring (bicyclic) bond motifs is 1. The second-order valence-electron chi connectivity index (χ2n) is 4.64. The molecule has 0 amide bonds. The van der Waals surface area contributed by atoms with Crippen LogP contribution in [-0.4, -0.2) is 36.1 Å². The standard InChI is InChI=1S/C13H11NOS.CHF3O3S/c1-16(2)12-7-6-9(8-14)13-10(12)4-3-5-11(13)15;2-1(3,4)8(5,6)7/h3-7H,1-2H3;(H,5,6,7). The molecule has 0 aromatic heterocycles. The van der Waals surface area contributed by atoms with Gasteiger partial charge in [0.25, 0.3) is 0 Å². The molecule has 0 aliphatic carbocycles. The summed E-state index contributed by atoms with van der Waals surface area (Å²) in [5.74, 6) is 0.182. The first-order valence-corrected chi connectivity index (χ1v) is 9.59. The van der Waals surface area contributed by atoms with E-state index in [1.165, 1.54) is 4.90 Å². The van der Waals surface area contributed by atoms with Gasteiger partial charge in [0.15, 0.2) is 15.0 Å². The zero-order valence-corrected chi connectivity index (χ0v) is 14.1. The number of hydrogen-bond donors (Lipinski definition) is 1. The molecule has 0 bridgehead atoms. The fourth-order valence-corrected chi connectivity index (χ4v) is 2.76. The number of halogens is 3. The lowest BCUT2D eigenvalue weighted by molar-refractivity contribution is -0.0517. The van der Waals surface area contributed by atoms with Gasteiger partial charge in [-0.05, 0) is 24.3 Å². The minimum atomic E-state index is -6.09. The van der Waals surface area contributed by atoms with Crippen molar-refractivity contribution in [2.24, 2.45) is 0 Å². The zero-order valence-electron chi connectivity index (χ0n) is 12.5. The molecule has 1 N–H and O–H groups in total. The van der Waals surface area contributed by atoms with E-state index in [0.717, 1.165) is 5.39 Å². The lowest BCUT2D eigenvalue weighted by Crippen LogP contribution is -2.21. The molecule has 24 heavy (non-hydrogen) atoms. The molecule has 0 atom stereocenters. The van der Waals surface area contributed by atoms with E-state index in [1.807, 2.05) is 18.2 Å². The first kappa shape index (κ1) is 20.1. The Labute approximate surface area is 139 Å². The number of phenols is 1. The van der Waals surface area contributed by atoms with E-state index in [1.54, 1.807) is 12.1 Å². The maximum atomic E-state index is 10.7. The Balaban J connectivity index is 0.000000307. The van der Waals surface area contributed by atoms with Crippen molar-refractivity contribution in [1.82, 2.24) is 0 Å². The molecule has 130 valence electrons. The lowest BCUT2D eigenvalue weighted by atomic mass is 10.0. The molecule has 0 heterocycles. The van der Waals surface area contributed by atoms with Gasteiger partial charge in [-0.25, -0.2) is 8.42 Å². The number of benzene rings is 2. The van der Waals surface area contributed by atoms with E-state index in [-0.39, 0.29) is 16.6 Å². The van der Waals surface area contributed by atoms with Crippen molar-refractivity contribution in [2.75, 3.05) is 12.5 Å². The van der Waals surface area contributed by atoms with Gasteiger partial charge in [0.1, 0.15) is 18.3 Å². The predicted octanol–water partition coefficient (Wildman–Crippen LogP) is 2.71. The van der Waals surface area contributed by atoms with Crippen LogP contribution in [0.15, 0.2) is 35.2 Å². The molecule has 2 rings (SSSR count). The van der Waals surface area contributed by atoms with Gasteiger partial charge in [0, 0.05) is 21.7 Å². The smallest absolute Gasteiger partial charge is 0.485 e. The minimum absolute atomic E-state index is 0.107. The number of alkyl halides is 3. The van der Waals surface area contributed by atoms with Crippen molar-refractivity contribution in [3.05, 3.63) is 35.9 Å².